The molecule has 0 unspecified atom stereocenters. The van der Waals surface area contributed by atoms with Gasteiger partial charge in [-0.25, -0.2) is 0 Å². The predicted molar refractivity (Wildman–Crippen MR) is 55.7 cm³/mol. The molecule has 3 N–H and O–H groups in total. The van der Waals surface area contributed by atoms with Gasteiger partial charge in [0.25, 0.3) is 0 Å². The third kappa shape index (κ3) is 3.95. The van der Waals surface area contributed by atoms with Crippen LogP contribution in [0.4, 0.5) is 18.9 Å². The number of amides is 1. The normalized spacial score (nSPS) is 11.1. The third-order valence-electron chi connectivity index (χ3n) is 1.77. The molecular formula is C10H11F3N2O2. The lowest BCUT2D eigenvalue weighted by Crippen LogP contribution is -2.30. The summed E-state index contributed by atoms with van der Waals surface area (Å²) in [6.45, 7) is 0.375. The largest absolute Gasteiger partial charge is 0.490 e. The average Bonchev–Trinajstić information content (AvgIpc) is 2.26. The van der Waals surface area contributed by atoms with Crippen LogP contribution in [0.3, 0.4) is 0 Å². The Bertz CT molecular complexity index is 393. The summed E-state index contributed by atoms with van der Waals surface area (Å²) in [7, 11) is 0. The molecule has 1 amide bonds. The molecule has 1 rings (SSSR count). The summed E-state index contributed by atoms with van der Waals surface area (Å²) in [4.78, 5) is 10.7. The van der Waals surface area contributed by atoms with Gasteiger partial charge in [0.2, 0.25) is 0 Å². The Labute approximate surface area is 95.6 Å². The van der Waals surface area contributed by atoms with Gasteiger partial charge in [0.1, 0.15) is 12.4 Å². The maximum Gasteiger partial charge on any atom is 0.471 e. The lowest BCUT2D eigenvalue weighted by atomic mass is 10.3. The highest BCUT2D eigenvalue weighted by molar-refractivity contribution is 5.96. The van der Waals surface area contributed by atoms with Crippen molar-refractivity contribution in [2.24, 2.45) is 5.73 Å². The van der Waals surface area contributed by atoms with Crippen LogP contribution in [0.15, 0.2) is 24.3 Å². The van der Waals surface area contributed by atoms with Crippen LogP contribution in [-0.4, -0.2) is 25.2 Å². The second-order valence-corrected chi connectivity index (χ2v) is 3.09. The van der Waals surface area contributed by atoms with E-state index in [2.05, 4.69) is 0 Å². The van der Waals surface area contributed by atoms with E-state index in [4.69, 9.17) is 10.5 Å². The number of carbonyl (C=O) groups excluding carboxylic acids is 1. The van der Waals surface area contributed by atoms with E-state index in [9.17, 15) is 18.0 Å². The first kappa shape index (κ1) is 13.3. The number of para-hydroxylation sites is 2. The Kier molecular flexibility index (Phi) is 4.33. The lowest BCUT2D eigenvalue weighted by Gasteiger charge is -2.12. The smallest absolute Gasteiger partial charge is 0.471 e. The molecule has 0 spiro atoms. The van der Waals surface area contributed by atoms with Crippen molar-refractivity contribution < 1.29 is 22.7 Å². The minimum Gasteiger partial charge on any atom is -0.490 e. The molecule has 0 saturated carbocycles. The van der Waals surface area contributed by atoms with Crippen molar-refractivity contribution in [3.63, 3.8) is 0 Å². The fraction of sp³-hybridized carbons (Fsp3) is 0.300. The van der Waals surface area contributed by atoms with Crippen molar-refractivity contribution >= 4 is 11.6 Å². The maximum atomic E-state index is 12.0. The van der Waals surface area contributed by atoms with E-state index in [1.54, 1.807) is 11.4 Å². The van der Waals surface area contributed by atoms with Gasteiger partial charge in [0.15, 0.2) is 0 Å². The summed E-state index contributed by atoms with van der Waals surface area (Å²) >= 11 is 0. The number of nitrogens with two attached hydrogens (primary N) is 1. The van der Waals surface area contributed by atoms with Crippen LogP contribution < -0.4 is 15.8 Å². The Morgan fingerprint density at radius 1 is 1.35 bits per heavy atom. The molecule has 0 saturated heterocycles. The highest BCUT2D eigenvalue weighted by Gasteiger charge is 2.39. The van der Waals surface area contributed by atoms with Gasteiger partial charge in [0.05, 0.1) is 5.69 Å². The Hall–Kier alpha value is -1.76. The predicted octanol–water partition coefficient (Wildman–Crippen LogP) is 1.52. The van der Waals surface area contributed by atoms with Crippen LogP contribution in [0.5, 0.6) is 5.75 Å². The summed E-state index contributed by atoms with van der Waals surface area (Å²) in [5.74, 6) is -1.89. The molecule has 0 atom stereocenters. The van der Waals surface area contributed by atoms with Crippen LogP contribution in [0.2, 0.25) is 0 Å². The summed E-state index contributed by atoms with van der Waals surface area (Å²) < 4.78 is 41.2. The van der Waals surface area contributed by atoms with Crippen molar-refractivity contribution in [3.05, 3.63) is 24.3 Å². The maximum absolute atomic E-state index is 12.0. The number of halogens is 3. The average molecular weight is 248 g/mol. The number of anilines is 1. The number of ether oxygens (including phenoxy) is 1. The molecule has 0 aliphatic carbocycles. The van der Waals surface area contributed by atoms with E-state index in [0.717, 1.165) is 0 Å². The van der Waals surface area contributed by atoms with Crippen molar-refractivity contribution in [2.45, 2.75) is 6.18 Å². The molecule has 1 aromatic carbocycles. The van der Waals surface area contributed by atoms with E-state index in [-0.39, 0.29) is 24.6 Å². The van der Waals surface area contributed by atoms with Crippen LogP contribution in [0.25, 0.3) is 0 Å². The quantitative estimate of drug-likeness (QED) is 0.849. The van der Waals surface area contributed by atoms with Crippen LogP contribution in [0.1, 0.15) is 0 Å². The van der Waals surface area contributed by atoms with Crippen LogP contribution in [-0.2, 0) is 4.79 Å². The van der Waals surface area contributed by atoms with Gasteiger partial charge >= 0.3 is 12.1 Å². The molecule has 0 aliphatic heterocycles. The first-order valence-electron chi connectivity index (χ1n) is 4.75. The summed E-state index contributed by atoms with van der Waals surface area (Å²) in [6.07, 6.45) is -4.93. The Morgan fingerprint density at radius 3 is 2.59 bits per heavy atom. The third-order valence-corrected chi connectivity index (χ3v) is 1.77. The van der Waals surface area contributed by atoms with E-state index in [1.807, 2.05) is 0 Å². The highest BCUT2D eigenvalue weighted by Crippen LogP contribution is 2.26. The van der Waals surface area contributed by atoms with E-state index in [0.29, 0.717) is 0 Å². The van der Waals surface area contributed by atoms with E-state index >= 15 is 0 Å². The number of hydrogen-bond acceptors (Lipinski definition) is 3. The topological polar surface area (TPSA) is 64.3 Å². The SMILES string of the molecule is NCCOc1ccccc1NC(=O)C(F)(F)F. The first-order valence-corrected chi connectivity index (χ1v) is 4.75. The number of carbonyl (C=O) groups is 1. The number of rotatable bonds is 4. The molecule has 0 heterocycles. The number of hydrogen-bond donors (Lipinski definition) is 2. The number of alkyl halides is 3. The van der Waals surface area contributed by atoms with E-state index in [1.165, 1.54) is 18.2 Å². The number of nitrogens with one attached hydrogen (secondary N) is 1. The van der Waals surface area contributed by atoms with Crippen molar-refractivity contribution in [3.8, 4) is 5.75 Å². The second-order valence-electron chi connectivity index (χ2n) is 3.09. The Morgan fingerprint density at radius 2 is 2.00 bits per heavy atom. The second kappa shape index (κ2) is 5.53. The summed E-state index contributed by atoms with van der Waals surface area (Å²) in [5.41, 5.74) is 5.17. The molecule has 1 aromatic rings. The zero-order valence-corrected chi connectivity index (χ0v) is 8.75. The lowest BCUT2D eigenvalue weighted by molar-refractivity contribution is -0.167. The van der Waals surface area contributed by atoms with Gasteiger partial charge in [-0.2, -0.15) is 13.2 Å². The van der Waals surface area contributed by atoms with Gasteiger partial charge in [-0.05, 0) is 12.1 Å². The molecule has 7 heteroatoms. The first-order chi connectivity index (χ1) is 7.95. The molecule has 0 fully saturated rings. The molecule has 0 bridgehead atoms. The van der Waals surface area contributed by atoms with Crippen molar-refractivity contribution in [1.82, 2.24) is 0 Å². The molecule has 17 heavy (non-hydrogen) atoms. The Balaban J connectivity index is 2.80. The molecule has 94 valence electrons. The zero-order valence-electron chi connectivity index (χ0n) is 8.75. The highest BCUT2D eigenvalue weighted by atomic mass is 19.4. The molecular weight excluding hydrogens is 237 g/mol. The van der Waals surface area contributed by atoms with Gasteiger partial charge in [-0.15, -0.1) is 0 Å². The monoisotopic (exact) mass is 248 g/mol. The van der Waals surface area contributed by atoms with Crippen molar-refractivity contribution in [1.29, 1.82) is 0 Å². The van der Waals surface area contributed by atoms with Gasteiger partial charge in [0, 0.05) is 6.54 Å². The zero-order chi connectivity index (χ0) is 12.9. The van der Waals surface area contributed by atoms with Gasteiger partial charge in [-0.1, -0.05) is 12.1 Å². The molecule has 0 aromatic heterocycles. The summed E-state index contributed by atoms with van der Waals surface area (Å²) in [6, 6.07) is 5.83. The van der Waals surface area contributed by atoms with Crippen molar-refractivity contribution in [2.75, 3.05) is 18.5 Å². The van der Waals surface area contributed by atoms with Gasteiger partial charge in [-0.3, -0.25) is 4.79 Å². The fourth-order valence-corrected chi connectivity index (χ4v) is 1.06. The molecule has 0 radical (unpaired) electrons. The van der Waals surface area contributed by atoms with Crippen LogP contribution >= 0.6 is 0 Å². The fourth-order valence-electron chi connectivity index (χ4n) is 1.06. The molecule has 4 nitrogen and oxygen atoms in total. The van der Waals surface area contributed by atoms with E-state index < -0.39 is 12.1 Å². The van der Waals surface area contributed by atoms with Crippen LogP contribution in [0, 0.1) is 0 Å². The summed E-state index contributed by atoms with van der Waals surface area (Å²) in [5, 5.41) is 1.73. The number of benzene rings is 1. The molecule has 0 aliphatic rings. The minimum absolute atomic E-state index is 0.0386. The van der Waals surface area contributed by atoms with Gasteiger partial charge < -0.3 is 15.8 Å². The minimum atomic E-state index is -4.93. The standard InChI is InChI=1S/C10H11F3N2O2/c11-10(12,13)9(16)15-7-3-1-2-4-8(7)17-6-5-14/h1-4H,5-6,14H2,(H,15,16).